The fourth-order valence-corrected chi connectivity index (χ4v) is 3.30. The molecule has 118 valence electrons. The zero-order valence-electron chi connectivity index (χ0n) is 12.1. The molecule has 0 saturated carbocycles. The molecule has 0 aliphatic carbocycles. The third kappa shape index (κ3) is 5.82. The summed E-state index contributed by atoms with van der Waals surface area (Å²) in [5, 5.41) is 3.39. The summed E-state index contributed by atoms with van der Waals surface area (Å²) in [6.45, 7) is 3.65. The number of halogens is 2. The number of hydrogen-bond donors (Lipinski definition) is 1. The van der Waals surface area contributed by atoms with Crippen molar-refractivity contribution < 1.29 is 13.2 Å². The first-order chi connectivity index (χ1) is 9.61. The monoisotopic (exact) mass is 352 g/mol. The first kappa shape index (κ1) is 18.2. The Balaban J connectivity index is 2.63. The van der Waals surface area contributed by atoms with Gasteiger partial charge in [0.2, 0.25) is 15.9 Å². The number of nitrogens with one attached hydrogen (secondary N) is 1. The van der Waals surface area contributed by atoms with Gasteiger partial charge in [-0.05, 0) is 32.0 Å². The number of rotatable bonds is 6. The molecule has 0 radical (unpaired) electrons. The highest BCUT2D eigenvalue weighted by atomic mass is 35.5. The fraction of sp³-hybridized carbons (Fsp3) is 0.462. The van der Waals surface area contributed by atoms with Crippen LogP contribution in [0.1, 0.15) is 20.3 Å². The molecule has 0 unspecified atom stereocenters. The summed E-state index contributed by atoms with van der Waals surface area (Å²) < 4.78 is 24.5. The number of amides is 1. The highest BCUT2D eigenvalue weighted by Gasteiger charge is 2.20. The van der Waals surface area contributed by atoms with Crippen LogP contribution in [0.15, 0.2) is 18.2 Å². The van der Waals surface area contributed by atoms with Crippen LogP contribution >= 0.6 is 23.2 Å². The molecule has 0 aliphatic rings. The third-order valence-electron chi connectivity index (χ3n) is 2.76. The number of hydrogen-bond acceptors (Lipinski definition) is 3. The molecule has 8 heteroatoms. The number of benzene rings is 1. The van der Waals surface area contributed by atoms with Gasteiger partial charge in [-0.2, -0.15) is 4.31 Å². The molecule has 0 aliphatic heterocycles. The Hall–Kier alpha value is -0.820. The van der Waals surface area contributed by atoms with Gasteiger partial charge in [0.25, 0.3) is 0 Å². The molecule has 1 aromatic rings. The molecule has 0 fully saturated rings. The highest BCUT2D eigenvalue weighted by molar-refractivity contribution is 7.88. The van der Waals surface area contributed by atoms with Crippen molar-refractivity contribution in [2.75, 3.05) is 18.1 Å². The van der Waals surface area contributed by atoms with Crippen molar-refractivity contribution in [3.63, 3.8) is 0 Å². The Morgan fingerprint density at radius 1 is 1.29 bits per heavy atom. The Morgan fingerprint density at radius 3 is 2.38 bits per heavy atom. The van der Waals surface area contributed by atoms with E-state index in [1.54, 1.807) is 32.0 Å². The maximum absolute atomic E-state index is 11.9. The maximum atomic E-state index is 11.9. The van der Waals surface area contributed by atoms with Crippen molar-refractivity contribution in [1.29, 1.82) is 0 Å². The van der Waals surface area contributed by atoms with E-state index in [9.17, 15) is 13.2 Å². The van der Waals surface area contributed by atoms with E-state index in [0.29, 0.717) is 15.7 Å². The average Bonchev–Trinajstić information content (AvgIpc) is 2.32. The second-order valence-electron chi connectivity index (χ2n) is 4.89. The number of carbonyl (C=O) groups is 1. The van der Waals surface area contributed by atoms with Crippen molar-refractivity contribution in [3.05, 3.63) is 28.2 Å². The minimum absolute atomic E-state index is 0.0610. The van der Waals surface area contributed by atoms with E-state index in [1.165, 1.54) is 4.31 Å². The quantitative estimate of drug-likeness (QED) is 0.855. The summed E-state index contributed by atoms with van der Waals surface area (Å²) in [6.07, 6.45) is 1.19. The van der Waals surface area contributed by atoms with Crippen LogP contribution in [0.25, 0.3) is 0 Å². The summed E-state index contributed by atoms with van der Waals surface area (Å²) in [4.78, 5) is 11.9. The van der Waals surface area contributed by atoms with Crippen molar-refractivity contribution in [2.45, 2.75) is 26.3 Å². The van der Waals surface area contributed by atoms with E-state index in [-0.39, 0.29) is 24.9 Å². The van der Waals surface area contributed by atoms with E-state index in [1.807, 2.05) is 0 Å². The van der Waals surface area contributed by atoms with Crippen LogP contribution in [0.5, 0.6) is 0 Å². The second-order valence-corrected chi connectivity index (χ2v) is 7.64. The second kappa shape index (κ2) is 7.45. The van der Waals surface area contributed by atoms with Gasteiger partial charge in [0, 0.05) is 24.7 Å². The van der Waals surface area contributed by atoms with Gasteiger partial charge in [-0.1, -0.05) is 23.2 Å². The molecule has 21 heavy (non-hydrogen) atoms. The molecule has 5 nitrogen and oxygen atoms in total. The van der Waals surface area contributed by atoms with E-state index >= 15 is 0 Å². The van der Waals surface area contributed by atoms with Gasteiger partial charge < -0.3 is 5.32 Å². The van der Waals surface area contributed by atoms with Crippen molar-refractivity contribution >= 4 is 44.8 Å². The number of carbonyl (C=O) groups excluding carboxylic acids is 1. The molecular formula is C13H18Cl2N2O3S. The van der Waals surface area contributed by atoms with Crippen molar-refractivity contribution in [2.24, 2.45) is 0 Å². The van der Waals surface area contributed by atoms with Crippen LogP contribution < -0.4 is 5.32 Å². The van der Waals surface area contributed by atoms with Gasteiger partial charge in [-0.15, -0.1) is 0 Å². The van der Waals surface area contributed by atoms with E-state index in [4.69, 9.17) is 23.2 Å². The molecule has 0 spiro atoms. The predicted octanol–water partition coefficient (Wildman–Crippen LogP) is 2.99. The van der Waals surface area contributed by atoms with Crippen molar-refractivity contribution in [3.8, 4) is 0 Å². The molecular weight excluding hydrogens is 335 g/mol. The molecule has 0 atom stereocenters. The molecule has 1 amide bonds. The van der Waals surface area contributed by atoms with Gasteiger partial charge >= 0.3 is 0 Å². The Labute approximate surface area is 135 Å². The largest absolute Gasteiger partial charge is 0.326 e. The van der Waals surface area contributed by atoms with Crippen LogP contribution in [0.3, 0.4) is 0 Å². The predicted molar refractivity (Wildman–Crippen MR) is 86.4 cm³/mol. The number of sulfonamides is 1. The summed E-state index contributed by atoms with van der Waals surface area (Å²) in [5.41, 5.74) is 0.518. The molecule has 0 heterocycles. The SMILES string of the molecule is CC(C)N(CCC(=O)Nc1ccc(Cl)c(Cl)c1)S(C)(=O)=O. The van der Waals surface area contributed by atoms with Gasteiger partial charge in [-0.3, -0.25) is 4.79 Å². The van der Waals surface area contributed by atoms with Gasteiger partial charge in [0.05, 0.1) is 16.3 Å². The molecule has 1 aromatic carbocycles. The zero-order chi connectivity index (χ0) is 16.2. The highest BCUT2D eigenvalue weighted by Crippen LogP contribution is 2.25. The molecule has 0 saturated heterocycles. The van der Waals surface area contributed by atoms with Gasteiger partial charge in [-0.25, -0.2) is 8.42 Å². The lowest BCUT2D eigenvalue weighted by Gasteiger charge is -2.23. The maximum Gasteiger partial charge on any atom is 0.225 e. The standard InChI is InChI=1S/C13H18Cl2N2O3S/c1-9(2)17(21(3,19)20)7-6-13(18)16-10-4-5-11(14)12(15)8-10/h4-5,8-9H,6-7H2,1-3H3,(H,16,18). The van der Waals surface area contributed by atoms with E-state index in [0.717, 1.165) is 6.26 Å². The Morgan fingerprint density at radius 2 is 1.90 bits per heavy atom. The van der Waals surface area contributed by atoms with Crippen LogP contribution in [-0.2, 0) is 14.8 Å². The zero-order valence-corrected chi connectivity index (χ0v) is 14.4. The molecule has 1 N–H and O–H groups in total. The van der Waals surface area contributed by atoms with Crippen molar-refractivity contribution in [1.82, 2.24) is 4.31 Å². The fourth-order valence-electron chi connectivity index (χ4n) is 1.82. The topological polar surface area (TPSA) is 66.5 Å². The van der Waals surface area contributed by atoms with E-state index in [2.05, 4.69) is 5.32 Å². The lowest BCUT2D eigenvalue weighted by molar-refractivity contribution is -0.116. The first-order valence-electron chi connectivity index (χ1n) is 6.33. The van der Waals surface area contributed by atoms with Crippen LogP contribution in [0, 0.1) is 0 Å². The van der Waals surface area contributed by atoms with Gasteiger partial charge in [0.15, 0.2) is 0 Å². The summed E-state index contributed by atoms with van der Waals surface area (Å²) in [6, 6.07) is 4.55. The Kier molecular flexibility index (Phi) is 6.46. The third-order valence-corrected chi connectivity index (χ3v) is 4.96. The molecule has 0 aromatic heterocycles. The van der Waals surface area contributed by atoms with Gasteiger partial charge in [0.1, 0.15) is 0 Å². The average molecular weight is 353 g/mol. The number of nitrogens with zero attached hydrogens (tertiary/aromatic N) is 1. The van der Waals surface area contributed by atoms with Crippen LogP contribution in [-0.4, -0.2) is 37.5 Å². The lowest BCUT2D eigenvalue weighted by Crippen LogP contribution is -2.38. The number of anilines is 1. The summed E-state index contributed by atoms with van der Waals surface area (Å²) in [7, 11) is -3.33. The first-order valence-corrected chi connectivity index (χ1v) is 8.93. The summed E-state index contributed by atoms with van der Waals surface area (Å²) >= 11 is 11.6. The molecule has 0 bridgehead atoms. The lowest BCUT2D eigenvalue weighted by atomic mass is 10.3. The minimum atomic E-state index is -3.33. The van der Waals surface area contributed by atoms with E-state index < -0.39 is 10.0 Å². The molecule has 1 rings (SSSR count). The van der Waals surface area contributed by atoms with Crippen LogP contribution in [0.4, 0.5) is 5.69 Å². The smallest absolute Gasteiger partial charge is 0.225 e. The minimum Gasteiger partial charge on any atom is -0.326 e. The van der Waals surface area contributed by atoms with Crippen LogP contribution in [0.2, 0.25) is 10.0 Å². The normalized spacial score (nSPS) is 12.0. The Bertz CT molecular complexity index is 618. The summed E-state index contributed by atoms with van der Waals surface area (Å²) in [5.74, 6) is -0.289.